The minimum atomic E-state index is -0.0594. The first-order valence-electron chi connectivity index (χ1n) is 7.38. The van der Waals surface area contributed by atoms with Crippen molar-refractivity contribution >= 4 is 5.69 Å². The molecule has 2 rings (SSSR count). The predicted octanol–water partition coefficient (Wildman–Crippen LogP) is 4.63. The predicted molar refractivity (Wildman–Crippen MR) is 90.1 cm³/mol. The molecule has 2 aromatic carbocycles. The number of rotatable bonds is 3. The van der Waals surface area contributed by atoms with Crippen molar-refractivity contribution in [2.45, 2.75) is 39.7 Å². The minimum Gasteiger partial charge on any atom is -0.507 e. The second-order valence-corrected chi connectivity index (χ2v) is 6.76. The van der Waals surface area contributed by atoms with Crippen molar-refractivity contribution in [1.29, 1.82) is 0 Å². The second-order valence-electron chi connectivity index (χ2n) is 6.76. The number of aryl methyl sites for hydroxylation is 1. The lowest BCUT2D eigenvalue weighted by atomic mass is 9.84. The van der Waals surface area contributed by atoms with Crippen LogP contribution < -0.4 is 4.90 Å². The van der Waals surface area contributed by atoms with Gasteiger partial charge in [0.15, 0.2) is 0 Å². The molecule has 0 unspecified atom stereocenters. The van der Waals surface area contributed by atoms with Crippen LogP contribution in [0.2, 0.25) is 0 Å². The third kappa shape index (κ3) is 3.57. The molecule has 0 aliphatic carbocycles. The highest BCUT2D eigenvalue weighted by Gasteiger charge is 2.21. The summed E-state index contributed by atoms with van der Waals surface area (Å²) < 4.78 is 0. The quantitative estimate of drug-likeness (QED) is 0.887. The lowest BCUT2D eigenvalue weighted by molar-refractivity contribution is 0.439. The van der Waals surface area contributed by atoms with Crippen LogP contribution in [-0.2, 0) is 12.0 Å². The Morgan fingerprint density at radius 1 is 1.05 bits per heavy atom. The molecule has 2 aromatic rings. The van der Waals surface area contributed by atoms with Crippen molar-refractivity contribution in [1.82, 2.24) is 0 Å². The van der Waals surface area contributed by atoms with E-state index in [4.69, 9.17) is 0 Å². The Morgan fingerprint density at radius 2 is 1.67 bits per heavy atom. The van der Waals surface area contributed by atoms with Crippen LogP contribution in [0.1, 0.15) is 37.5 Å². The molecule has 0 bridgehead atoms. The Labute approximate surface area is 128 Å². The Bertz CT molecular complexity index is 611. The fraction of sp³-hybridized carbons (Fsp3) is 0.368. The maximum absolute atomic E-state index is 10.6. The second kappa shape index (κ2) is 5.80. The molecule has 0 atom stereocenters. The number of hydrogen-bond acceptors (Lipinski definition) is 2. The van der Waals surface area contributed by atoms with Crippen molar-refractivity contribution < 1.29 is 5.11 Å². The van der Waals surface area contributed by atoms with Gasteiger partial charge in [0.05, 0.1) is 0 Å². The fourth-order valence-electron chi connectivity index (χ4n) is 2.58. The maximum atomic E-state index is 10.6. The highest BCUT2D eigenvalue weighted by Crippen LogP contribution is 2.35. The van der Waals surface area contributed by atoms with Gasteiger partial charge in [-0.2, -0.15) is 0 Å². The van der Waals surface area contributed by atoms with Crippen LogP contribution in [0.3, 0.4) is 0 Å². The van der Waals surface area contributed by atoms with Crippen molar-refractivity contribution in [2.75, 3.05) is 11.9 Å². The highest BCUT2D eigenvalue weighted by atomic mass is 16.3. The zero-order valence-corrected chi connectivity index (χ0v) is 13.6. The molecular weight excluding hydrogens is 258 g/mol. The SMILES string of the molecule is Cc1cc(CN(C)c2ccccc2)c(O)c(C(C)(C)C)c1. The monoisotopic (exact) mass is 283 g/mol. The minimum absolute atomic E-state index is 0.0594. The Morgan fingerprint density at radius 3 is 2.24 bits per heavy atom. The molecule has 0 aliphatic rings. The standard InChI is InChI=1S/C19H25NO/c1-14-11-15(18(21)17(12-14)19(2,3)4)13-20(5)16-9-7-6-8-10-16/h6-12,21H,13H2,1-5H3. The smallest absolute Gasteiger partial charge is 0.124 e. The van der Waals surface area contributed by atoms with E-state index in [9.17, 15) is 5.11 Å². The van der Waals surface area contributed by atoms with Crippen molar-refractivity contribution in [2.24, 2.45) is 0 Å². The highest BCUT2D eigenvalue weighted by molar-refractivity contribution is 5.51. The normalized spacial score (nSPS) is 11.5. The molecule has 0 saturated heterocycles. The van der Waals surface area contributed by atoms with Gasteiger partial charge in [0.25, 0.3) is 0 Å². The summed E-state index contributed by atoms with van der Waals surface area (Å²) in [5.41, 5.74) is 4.27. The zero-order chi connectivity index (χ0) is 15.6. The van der Waals surface area contributed by atoms with Gasteiger partial charge in [-0.05, 0) is 30.0 Å². The summed E-state index contributed by atoms with van der Waals surface area (Å²) in [6.07, 6.45) is 0. The Kier molecular flexibility index (Phi) is 4.26. The molecule has 0 radical (unpaired) electrons. The molecule has 2 nitrogen and oxygen atoms in total. The summed E-state index contributed by atoms with van der Waals surface area (Å²) >= 11 is 0. The van der Waals surface area contributed by atoms with Gasteiger partial charge < -0.3 is 10.0 Å². The van der Waals surface area contributed by atoms with Gasteiger partial charge in [-0.1, -0.05) is 56.7 Å². The summed E-state index contributed by atoms with van der Waals surface area (Å²) in [5, 5.41) is 10.6. The first-order valence-corrected chi connectivity index (χ1v) is 7.38. The van der Waals surface area contributed by atoms with Gasteiger partial charge in [-0.3, -0.25) is 0 Å². The van der Waals surface area contributed by atoms with Crippen molar-refractivity contribution in [3.63, 3.8) is 0 Å². The zero-order valence-electron chi connectivity index (χ0n) is 13.6. The molecule has 21 heavy (non-hydrogen) atoms. The topological polar surface area (TPSA) is 23.5 Å². The van der Waals surface area contributed by atoms with Gasteiger partial charge in [0, 0.05) is 24.8 Å². The molecule has 0 fully saturated rings. The van der Waals surface area contributed by atoms with Gasteiger partial charge >= 0.3 is 0 Å². The van der Waals surface area contributed by atoms with Gasteiger partial charge in [-0.25, -0.2) is 0 Å². The lowest BCUT2D eigenvalue weighted by Crippen LogP contribution is -2.18. The molecule has 0 aromatic heterocycles. The van der Waals surface area contributed by atoms with Gasteiger partial charge in [0.2, 0.25) is 0 Å². The average molecular weight is 283 g/mol. The average Bonchev–Trinajstić information content (AvgIpc) is 2.42. The summed E-state index contributed by atoms with van der Waals surface area (Å²) in [7, 11) is 2.05. The molecule has 0 aliphatic heterocycles. The van der Waals surface area contributed by atoms with E-state index in [1.54, 1.807) is 0 Å². The third-order valence-electron chi connectivity index (χ3n) is 3.75. The van der Waals surface area contributed by atoms with E-state index in [2.05, 4.69) is 56.9 Å². The van der Waals surface area contributed by atoms with Gasteiger partial charge in [0.1, 0.15) is 5.75 Å². The van der Waals surface area contributed by atoms with Crippen LogP contribution in [-0.4, -0.2) is 12.2 Å². The first kappa shape index (κ1) is 15.4. The van der Waals surface area contributed by atoms with E-state index in [1.165, 1.54) is 5.56 Å². The van der Waals surface area contributed by atoms with E-state index in [0.717, 1.165) is 16.8 Å². The molecule has 2 heteroatoms. The lowest BCUT2D eigenvalue weighted by Gasteiger charge is -2.25. The number of phenolic OH excluding ortho intramolecular Hbond substituents is 1. The van der Waals surface area contributed by atoms with E-state index < -0.39 is 0 Å². The summed E-state index contributed by atoms with van der Waals surface area (Å²) in [6.45, 7) is 9.17. The summed E-state index contributed by atoms with van der Waals surface area (Å²) in [6, 6.07) is 14.4. The largest absolute Gasteiger partial charge is 0.507 e. The summed E-state index contributed by atoms with van der Waals surface area (Å²) in [4.78, 5) is 2.15. The van der Waals surface area contributed by atoms with Crippen LogP contribution in [0.25, 0.3) is 0 Å². The summed E-state index contributed by atoms with van der Waals surface area (Å²) in [5.74, 6) is 0.427. The molecule has 112 valence electrons. The number of benzene rings is 2. The number of aromatic hydroxyl groups is 1. The molecule has 0 spiro atoms. The third-order valence-corrected chi connectivity index (χ3v) is 3.75. The molecule has 0 saturated carbocycles. The molecule has 1 N–H and O–H groups in total. The van der Waals surface area contributed by atoms with Crippen LogP contribution in [0.15, 0.2) is 42.5 Å². The van der Waals surface area contributed by atoms with E-state index in [-0.39, 0.29) is 5.41 Å². The molecule has 0 amide bonds. The van der Waals surface area contributed by atoms with E-state index >= 15 is 0 Å². The van der Waals surface area contributed by atoms with E-state index in [0.29, 0.717) is 12.3 Å². The number of para-hydroxylation sites is 1. The number of nitrogens with zero attached hydrogens (tertiary/aromatic N) is 1. The first-order chi connectivity index (χ1) is 9.79. The number of phenols is 1. The van der Waals surface area contributed by atoms with Crippen molar-refractivity contribution in [3.8, 4) is 5.75 Å². The number of hydrogen-bond donors (Lipinski definition) is 1. The van der Waals surface area contributed by atoms with Crippen LogP contribution in [0.5, 0.6) is 5.75 Å². The molecular formula is C19H25NO. The van der Waals surface area contributed by atoms with Crippen LogP contribution >= 0.6 is 0 Å². The number of anilines is 1. The van der Waals surface area contributed by atoms with Crippen molar-refractivity contribution in [3.05, 3.63) is 59.2 Å². The van der Waals surface area contributed by atoms with Crippen LogP contribution in [0, 0.1) is 6.92 Å². The Hall–Kier alpha value is -1.96. The van der Waals surface area contributed by atoms with Crippen LogP contribution in [0.4, 0.5) is 5.69 Å². The van der Waals surface area contributed by atoms with Gasteiger partial charge in [-0.15, -0.1) is 0 Å². The van der Waals surface area contributed by atoms with E-state index in [1.807, 2.05) is 25.2 Å². The maximum Gasteiger partial charge on any atom is 0.124 e. The molecule has 0 heterocycles. The fourth-order valence-corrected chi connectivity index (χ4v) is 2.58. The Balaban J connectivity index is 2.35.